The van der Waals surface area contributed by atoms with Gasteiger partial charge in [-0.05, 0) is 37.3 Å². The fraction of sp³-hybridized carbons (Fsp3) is 0.200. The van der Waals surface area contributed by atoms with E-state index in [-0.39, 0.29) is 27.8 Å². The molecular formula is C20H20ClNO6S. The van der Waals surface area contributed by atoms with Crippen molar-refractivity contribution >= 4 is 39.1 Å². The molecule has 0 bridgehead atoms. The standard InChI is InChI=1S/C20H20ClNO6S/c1-4-11-22(18-7-5-6-8-19(18)27-3)29(25,26)15-9-10-17(21)16(12-15)20(24)28-13-14(2)23/h4-10,12H,1,11,13H2,2-3H3. The molecule has 0 saturated heterocycles. The molecule has 0 spiro atoms. The van der Waals surface area contributed by atoms with E-state index < -0.39 is 22.6 Å². The minimum atomic E-state index is -4.10. The van der Waals surface area contributed by atoms with E-state index in [9.17, 15) is 18.0 Å². The van der Waals surface area contributed by atoms with Crippen LogP contribution in [0.15, 0.2) is 60.0 Å². The third-order valence-corrected chi connectivity index (χ3v) is 5.91. The largest absolute Gasteiger partial charge is 0.495 e. The van der Waals surface area contributed by atoms with Crippen LogP contribution in [0.1, 0.15) is 17.3 Å². The lowest BCUT2D eigenvalue weighted by Gasteiger charge is -2.25. The Balaban J connectivity index is 2.52. The van der Waals surface area contributed by atoms with Crippen LogP contribution in [0.4, 0.5) is 5.69 Å². The minimum Gasteiger partial charge on any atom is -0.495 e. The Morgan fingerprint density at radius 1 is 1.21 bits per heavy atom. The first kappa shape index (κ1) is 22.4. The van der Waals surface area contributed by atoms with Crippen molar-refractivity contribution in [2.75, 3.05) is 24.6 Å². The number of Topliss-reactive ketones (excluding diaryl/α,β-unsaturated/α-hetero) is 1. The van der Waals surface area contributed by atoms with Gasteiger partial charge in [0.2, 0.25) is 0 Å². The van der Waals surface area contributed by atoms with Crippen molar-refractivity contribution in [2.24, 2.45) is 0 Å². The van der Waals surface area contributed by atoms with Gasteiger partial charge in [-0.2, -0.15) is 0 Å². The lowest BCUT2D eigenvalue weighted by atomic mass is 10.2. The molecule has 2 aromatic carbocycles. The van der Waals surface area contributed by atoms with Crippen molar-refractivity contribution in [1.82, 2.24) is 0 Å². The molecule has 0 amide bonds. The number of nitrogens with zero attached hydrogens (tertiary/aromatic N) is 1. The minimum absolute atomic E-state index is 0.00469. The number of ether oxygens (including phenoxy) is 2. The van der Waals surface area contributed by atoms with Gasteiger partial charge in [0.1, 0.15) is 12.4 Å². The summed E-state index contributed by atoms with van der Waals surface area (Å²) < 4.78 is 37.9. The number of esters is 1. The van der Waals surface area contributed by atoms with Crippen LogP contribution in [0.5, 0.6) is 5.75 Å². The van der Waals surface area contributed by atoms with Gasteiger partial charge in [0.25, 0.3) is 10.0 Å². The first-order valence-corrected chi connectivity index (χ1v) is 10.3. The second kappa shape index (κ2) is 9.58. The molecule has 0 unspecified atom stereocenters. The molecule has 0 fully saturated rings. The maximum Gasteiger partial charge on any atom is 0.340 e. The Bertz CT molecular complexity index is 1040. The Morgan fingerprint density at radius 3 is 2.52 bits per heavy atom. The van der Waals surface area contributed by atoms with Crippen LogP contribution in [0.2, 0.25) is 5.02 Å². The van der Waals surface area contributed by atoms with Gasteiger partial charge in [0, 0.05) is 0 Å². The summed E-state index contributed by atoms with van der Waals surface area (Å²) in [6.45, 7) is 4.41. The predicted octanol–water partition coefficient (Wildman–Crippen LogP) is 3.48. The number of hydrogen-bond acceptors (Lipinski definition) is 6. The SMILES string of the molecule is C=CCN(c1ccccc1OC)S(=O)(=O)c1ccc(Cl)c(C(=O)OCC(C)=O)c1. The Hall–Kier alpha value is -2.84. The van der Waals surface area contributed by atoms with Gasteiger partial charge in [-0.25, -0.2) is 13.2 Å². The van der Waals surface area contributed by atoms with Gasteiger partial charge in [-0.15, -0.1) is 6.58 Å². The number of para-hydroxylation sites is 2. The molecule has 0 saturated carbocycles. The molecule has 0 N–H and O–H groups in total. The molecule has 0 aromatic heterocycles. The van der Waals surface area contributed by atoms with Crippen LogP contribution in [0.25, 0.3) is 0 Å². The van der Waals surface area contributed by atoms with E-state index in [0.29, 0.717) is 11.4 Å². The lowest BCUT2D eigenvalue weighted by Crippen LogP contribution is -2.31. The van der Waals surface area contributed by atoms with Crippen LogP contribution in [-0.4, -0.2) is 40.4 Å². The average Bonchev–Trinajstić information content (AvgIpc) is 2.70. The van der Waals surface area contributed by atoms with E-state index in [1.807, 2.05) is 0 Å². The highest BCUT2D eigenvalue weighted by Gasteiger charge is 2.28. The van der Waals surface area contributed by atoms with Gasteiger partial charge >= 0.3 is 5.97 Å². The molecule has 9 heteroatoms. The van der Waals surface area contributed by atoms with Crippen LogP contribution in [0.3, 0.4) is 0 Å². The van der Waals surface area contributed by atoms with Crippen molar-refractivity contribution in [3.05, 3.63) is 65.7 Å². The number of halogens is 1. The first-order chi connectivity index (χ1) is 13.7. The lowest BCUT2D eigenvalue weighted by molar-refractivity contribution is -0.120. The highest BCUT2D eigenvalue weighted by Crippen LogP contribution is 2.33. The summed E-state index contributed by atoms with van der Waals surface area (Å²) in [7, 11) is -2.67. The second-order valence-electron chi connectivity index (χ2n) is 5.92. The number of carbonyl (C=O) groups is 2. The van der Waals surface area contributed by atoms with Crippen LogP contribution >= 0.6 is 11.6 Å². The zero-order chi connectivity index (χ0) is 21.6. The summed E-state index contributed by atoms with van der Waals surface area (Å²) >= 11 is 6.03. The number of benzene rings is 2. The molecule has 2 aromatic rings. The first-order valence-electron chi connectivity index (χ1n) is 8.45. The van der Waals surface area contributed by atoms with Crippen LogP contribution < -0.4 is 9.04 Å². The van der Waals surface area contributed by atoms with Crippen LogP contribution in [0, 0.1) is 0 Å². The molecule has 0 radical (unpaired) electrons. The third-order valence-electron chi connectivity index (χ3n) is 3.80. The fourth-order valence-corrected chi connectivity index (χ4v) is 4.14. The number of anilines is 1. The normalized spacial score (nSPS) is 10.9. The summed E-state index contributed by atoms with van der Waals surface area (Å²) in [5.41, 5.74) is 0.151. The monoisotopic (exact) mass is 437 g/mol. The molecule has 154 valence electrons. The third kappa shape index (κ3) is 5.16. The predicted molar refractivity (Wildman–Crippen MR) is 110 cm³/mol. The van der Waals surface area contributed by atoms with Crippen LogP contribution in [-0.2, 0) is 19.6 Å². The zero-order valence-corrected chi connectivity index (χ0v) is 17.5. The Labute approximate surface area is 174 Å². The molecule has 0 aliphatic rings. The molecule has 7 nitrogen and oxygen atoms in total. The maximum absolute atomic E-state index is 13.3. The van der Waals surface area contributed by atoms with E-state index in [0.717, 1.165) is 10.4 Å². The molecule has 0 aliphatic heterocycles. The van der Waals surface area contributed by atoms with Crippen molar-refractivity contribution in [1.29, 1.82) is 0 Å². The number of hydrogen-bond donors (Lipinski definition) is 0. The van der Waals surface area contributed by atoms with Crippen molar-refractivity contribution in [2.45, 2.75) is 11.8 Å². The van der Waals surface area contributed by atoms with Gasteiger partial charge in [-0.3, -0.25) is 9.10 Å². The molecule has 0 aliphatic carbocycles. The van der Waals surface area contributed by atoms with Gasteiger partial charge < -0.3 is 9.47 Å². The van der Waals surface area contributed by atoms with E-state index in [4.69, 9.17) is 21.1 Å². The average molecular weight is 438 g/mol. The number of sulfonamides is 1. The van der Waals surface area contributed by atoms with Crippen molar-refractivity contribution < 1.29 is 27.5 Å². The number of ketones is 1. The highest BCUT2D eigenvalue weighted by atomic mass is 35.5. The summed E-state index contributed by atoms with van der Waals surface area (Å²) in [4.78, 5) is 23.1. The van der Waals surface area contributed by atoms with Gasteiger partial charge in [0.05, 0.1) is 34.8 Å². The molecule has 29 heavy (non-hydrogen) atoms. The number of rotatable bonds is 9. The highest BCUT2D eigenvalue weighted by molar-refractivity contribution is 7.92. The van der Waals surface area contributed by atoms with Gasteiger partial charge in [0.15, 0.2) is 5.78 Å². The Kier molecular flexibility index (Phi) is 7.41. The molecule has 0 atom stereocenters. The fourth-order valence-electron chi connectivity index (χ4n) is 2.47. The quantitative estimate of drug-likeness (QED) is 0.440. The Morgan fingerprint density at radius 2 is 1.90 bits per heavy atom. The molecular weight excluding hydrogens is 418 g/mol. The van der Waals surface area contributed by atoms with E-state index in [1.54, 1.807) is 24.3 Å². The second-order valence-corrected chi connectivity index (χ2v) is 8.19. The summed E-state index contributed by atoms with van der Waals surface area (Å²) in [6.07, 6.45) is 1.43. The van der Waals surface area contributed by atoms with E-state index in [2.05, 4.69) is 6.58 Å². The molecule has 2 rings (SSSR count). The topological polar surface area (TPSA) is 90.0 Å². The molecule has 0 heterocycles. The smallest absolute Gasteiger partial charge is 0.340 e. The van der Waals surface area contributed by atoms with E-state index in [1.165, 1.54) is 32.2 Å². The maximum atomic E-state index is 13.3. The van der Waals surface area contributed by atoms with Crippen molar-refractivity contribution in [3.63, 3.8) is 0 Å². The van der Waals surface area contributed by atoms with E-state index >= 15 is 0 Å². The van der Waals surface area contributed by atoms with Crippen molar-refractivity contribution in [3.8, 4) is 5.75 Å². The summed E-state index contributed by atoms with van der Waals surface area (Å²) in [5.74, 6) is -0.894. The summed E-state index contributed by atoms with van der Waals surface area (Å²) in [6, 6.07) is 10.3. The number of carbonyl (C=O) groups excluding carboxylic acids is 2. The zero-order valence-electron chi connectivity index (χ0n) is 15.9. The summed E-state index contributed by atoms with van der Waals surface area (Å²) in [5, 5.41) is 0.00469. The van der Waals surface area contributed by atoms with Gasteiger partial charge in [-0.1, -0.05) is 29.8 Å². The number of methoxy groups -OCH3 is 1.